The molecule has 0 bridgehead atoms. The van der Waals surface area contributed by atoms with Crippen LogP contribution < -0.4 is 10.6 Å². The Bertz CT molecular complexity index is 786. The van der Waals surface area contributed by atoms with E-state index >= 15 is 0 Å². The van der Waals surface area contributed by atoms with Gasteiger partial charge in [-0.05, 0) is 19.1 Å². The summed E-state index contributed by atoms with van der Waals surface area (Å²) in [7, 11) is 1.78. The highest BCUT2D eigenvalue weighted by Crippen LogP contribution is 2.07. The molecule has 0 aliphatic heterocycles. The minimum Gasteiger partial charge on any atom is -0.356 e. The number of aryl methyl sites for hydroxylation is 1. The number of imidazole rings is 1. The van der Waals surface area contributed by atoms with Crippen LogP contribution in [0.5, 0.6) is 0 Å². The molecule has 0 amide bonds. The summed E-state index contributed by atoms with van der Waals surface area (Å²) in [6.45, 7) is 3.64. The molecule has 3 rings (SSSR count). The van der Waals surface area contributed by atoms with Gasteiger partial charge in [-0.2, -0.15) is 0 Å². The van der Waals surface area contributed by atoms with Gasteiger partial charge in [-0.25, -0.2) is 9.97 Å². The predicted octanol–water partition coefficient (Wildman–Crippen LogP) is 2.05. The molecular weight excluding hydrogens is 320 g/mol. The van der Waals surface area contributed by atoms with Crippen molar-refractivity contribution in [1.29, 1.82) is 0 Å². The van der Waals surface area contributed by atoms with Crippen molar-refractivity contribution >= 4 is 22.9 Å². The number of nitrogens with zero attached hydrogens (tertiary/aromatic N) is 4. The Kier molecular flexibility index (Phi) is 5.43. The molecule has 0 aliphatic carbocycles. The van der Waals surface area contributed by atoms with Gasteiger partial charge in [0, 0.05) is 50.8 Å². The molecule has 6 nitrogen and oxygen atoms in total. The van der Waals surface area contributed by atoms with E-state index in [9.17, 15) is 0 Å². The molecule has 24 heavy (non-hydrogen) atoms. The summed E-state index contributed by atoms with van der Waals surface area (Å²) in [5.41, 5.74) is 3.18. The Balaban J connectivity index is 1.42. The summed E-state index contributed by atoms with van der Waals surface area (Å²) in [5, 5.41) is 9.86. The van der Waals surface area contributed by atoms with Crippen molar-refractivity contribution in [2.75, 3.05) is 20.1 Å². The van der Waals surface area contributed by atoms with E-state index in [1.807, 2.05) is 35.7 Å². The van der Waals surface area contributed by atoms with Gasteiger partial charge in [0.05, 0.1) is 16.4 Å². The topological polar surface area (TPSA) is 66.6 Å². The maximum absolute atomic E-state index is 4.60. The number of pyridine rings is 1. The summed E-state index contributed by atoms with van der Waals surface area (Å²) in [4.78, 5) is 13.3. The first-order valence-electron chi connectivity index (χ1n) is 8.03. The first-order chi connectivity index (χ1) is 11.7. The highest BCUT2D eigenvalue weighted by molar-refractivity contribution is 7.09. The van der Waals surface area contributed by atoms with Crippen LogP contribution >= 0.6 is 11.3 Å². The second-order valence-electron chi connectivity index (χ2n) is 5.48. The second kappa shape index (κ2) is 7.92. The number of rotatable bonds is 6. The quantitative estimate of drug-likeness (QED) is 0.531. The van der Waals surface area contributed by atoms with Gasteiger partial charge < -0.3 is 15.0 Å². The fraction of sp³-hybridized carbons (Fsp3) is 0.353. The molecule has 0 spiro atoms. The first kappa shape index (κ1) is 16.4. The fourth-order valence-corrected chi connectivity index (χ4v) is 3.12. The SMILES string of the molecule is CN=C(NCCc1csc(C)n1)NCCc1cn2ccccc2n1. The Morgan fingerprint density at radius 2 is 1.96 bits per heavy atom. The number of fused-ring (bicyclic) bond motifs is 1. The van der Waals surface area contributed by atoms with Crippen molar-refractivity contribution in [3.8, 4) is 0 Å². The number of aliphatic imine (C=N–C) groups is 1. The standard InChI is InChI=1S/C17H22N6S/c1-13-21-15(12-24-13)7-9-20-17(18-2)19-8-6-14-11-23-10-4-3-5-16(23)22-14/h3-5,10-12H,6-9H2,1-2H3,(H2,18,19,20). The molecule has 0 fully saturated rings. The lowest BCUT2D eigenvalue weighted by atomic mass is 10.3. The smallest absolute Gasteiger partial charge is 0.191 e. The Hall–Kier alpha value is -2.41. The molecule has 3 aromatic rings. The van der Waals surface area contributed by atoms with E-state index in [1.54, 1.807) is 18.4 Å². The lowest BCUT2D eigenvalue weighted by Crippen LogP contribution is -2.39. The lowest BCUT2D eigenvalue weighted by Gasteiger charge is -2.10. The zero-order valence-corrected chi connectivity index (χ0v) is 14.8. The number of nitrogens with one attached hydrogen (secondary N) is 2. The van der Waals surface area contributed by atoms with Gasteiger partial charge in [0.25, 0.3) is 0 Å². The Morgan fingerprint density at radius 1 is 1.17 bits per heavy atom. The zero-order chi connectivity index (χ0) is 16.8. The summed E-state index contributed by atoms with van der Waals surface area (Å²) in [6.07, 6.45) is 5.84. The van der Waals surface area contributed by atoms with Gasteiger partial charge in [0.15, 0.2) is 5.96 Å². The Labute approximate surface area is 145 Å². The highest BCUT2D eigenvalue weighted by atomic mass is 32.1. The van der Waals surface area contributed by atoms with E-state index in [2.05, 4.69) is 37.2 Å². The molecule has 7 heteroatoms. The summed E-state index contributed by atoms with van der Waals surface area (Å²) >= 11 is 1.69. The summed E-state index contributed by atoms with van der Waals surface area (Å²) in [5.74, 6) is 0.811. The maximum atomic E-state index is 4.60. The van der Waals surface area contributed by atoms with Crippen LogP contribution in [0.3, 0.4) is 0 Å². The molecule has 0 unspecified atom stereocenters. The molecule has 0 saturated carbocycles. The number of hydrogen-bond acceptors (Lipinski definition) is 4. The average Bonchev–Trinajstić information content (AvgIpc) is 3.19. The molecule has 126 valence electrons. The third-order valence-corrected chi connectivity index (χ3v) is 4.47. The van der Waals surface area contributed by atoms with Crippen molar-refractivity contribution in [2.45, 2.75) is 19.8 Å². The monoisotopic (exact) mass is 342 g/mol. The van der Waals surface area contributed by atoms with E-state index < -0.39 is 0 Å². The zero-order valence-electron chi connectivity index (χ0n) is 14.0. The molecule has 0 atom stereocenters. The molecule has 0 aliphatic rings. The van der Waals surface area contributed by atoms with Crippen molar-refractivity contribution in [3.05, 3.63) is 52.4 Å². The van der Waals surface area contributed by atoms with Gasteiger partial charge in [-0.3, -0.25) is 4.99 Å². The van der Waals surface area contributed by atoms with E-state index in [4.69, 9.17) is 0 Å². The predicted molar refractivity (Wildman–Crippen MR) is 98.8 cm³/mol. The number of hydrogen-bond donors (Lipinski definition) is 2. The largest absolute Gasteiger partial charge is 0.356 e. The van der Waals surface area contributed by atoms with Crippen LogP contribution in [0.4, 0.5) is 0 Å². The summed E-state index contributed by atoms with van der Waals surface area (Å²) in [6, 6.07) is 6.02. The van der Waals surface area contributed by atoms with Crippen molar-refractivity contribution in [2.24, 2.45) is 4.99 Å². The molecule has 3 heterocycles. The molecule has 0 radical (unpaired) electrons. The van der Waals surface area contributed by atoms with Crippen molar-refractivity contribution in [3.63, 3.8) is 0 Å². The maximum Gasteiger partial charge on any atom is 0.191 e. The second-order valence-corrected chi connectivity index (χ2v) is 6.54. The van der Waals surface area contributed by atoms with Gasteiger partial charge in [-0.1, -0.05) is 6.07 Å². The van der Waals surface area contributed by atoms with Gasteiger partial charge in [-0.15, -0.1) is 11.3 Å². The molecule has 0 aromatic carbocycles. The van der Waals surface area contributed by atoms with E-state index in [1.165, 1.54) is 0 Å². The van der Waals surface area contributed by atoms with Crippen LogP contribution in [0.15, 0.2) is 41.0 Å². The molecule has 0 saturated heterocycles. The van der Waals surface area contributed by atoms with Crippen molar-refractivity contribution in [1.82, 2.24) is 25.0 Å². The normalized spacial score (nSPS) is 11.8. The van der Waals surface area contributed by atoms with Crippen LogP contribution in [0, 0.1) is 6.92 Å². The Morgan fingerprint density at radius 3 is 2.62 bits per heavy atom. The van der Waals surface area contributed by atoms with Crippen LogP contribution in [0.2, 0.25) is 0 Å². The highest BCUT2D eigenvalue weighted by Gasteiger charge is 2.03. The fourth-order valence-electron chi connectivity index (χ4n) is 2.47. The van der Waals surface area contributed by atoms with Crippen LogP contribution in [-0.4, -0.2) is 40.5 Å². The average molecular weight is 342 g/mol. The van der Waals surface area contributed by atoms with Crippen LogP contribution in [0.1, 0.15) is 16.4 Å². The van der Waals surface area contributed by atoms with E-state index in [0.717, 1.165) is 53.9 Å². The minimum atomic E-state index is 0.791. The third-order valence-electron chi connectivity index (χ3n) is 3.65. The van der Waals surface area contributed by atoms with Crippen LogP contribution in [0.25, 0.3) is 5.65 Å². The first-order valence-corrected chi connectivity index (χ1v) is 8.90. The molecule has 3 aromatic heterocycles. The van der Waals surface area contributed by atoms with Gasteiger partial charge in [0.2, 0.25) is 0 Å². The number of thiazole rings is 1. The van der Waals surface area contributed by atoms with Gasteiger partial charge in [0.1, 0.15) is 5.65 Å². The van der Waals surface area contributed by atoms with Crippen molar-refractivity contribution < 1.29 is 0 Å². The van der Waals surface area contributed by atoms with Crippen LogP contribution in [-0.2, 0) is 12.8 Å². The summed E-state index contributed by atoms with van der Waals surface area (Å²) < 4.78 is 2.04. The molecular formula is C17H22N6S. The number of guanidine groups is 1. The van der Waals surface area contributed by atoms with E-state index in [0.29, 0.717) is 0 Å². The minimum absolute atomic E-state index is 0.791. The lowest BCUT2D eigenvalue weighted by molar-refractivity contribution is 0.772. The number of aromatic nitrogens is 3. The molecule has 2 N–H and O–H groups in total. The third kappa shape index (κ3) is 4.32. The van der Waals surface area contributed by atoms with Gasteiger partial charge >= 0.3 is 0 Å². The van der Waals surface area contributed by atoms with E-state index in [-0.39, 0.29) is 0 Å².